The predicted molar refractivity (Wildman–Crippen MR) is 21.7 cm³/mol. The van der Waals surface area contributed by atoms with Crippen LogP contribution >= 0.6 is 0 Å². The van der Waals surface area contributed by atoms with Crippen molar-refractivity contribution >= 4 is 0 Å². The SMILES string of the molecule is [O]C1CCCN1. The molecule has 0 aromatic heterocycles. The first-order valence-corrected chi connectivity index (χ1v) is 2.29. The molecule has 35 valence electrons. The van der Waals surface area contributed by atoms with Crippen LogP contribution in [-0.2, 0) is 5.11 Å². The van der Waals surface area contributed by atoms with E-state index in [-0.39, 0.29) is 0 Å². The van der Waals surface area contributed by atoms with Gasteiger partial charge in [-0.1, -0.05) is 0 Å². The Morgan fingerprint density at radius 3 is 2.67 bits per heavy atom. The van der Waals surface area contributed by atoms with E-state index in [4.69, 9.17) is 0 Å². The third-order valence-corrected chi connectivity index (χ3v) is 1.02. The van der Waals surface area contributed by atoms with E-state index < -0.39 is 6.23 Å². The Kier molecular flexibility index (Phi) is 1.08. The van der Waals surface area contributed by atoms with Gasteiger partial charge in [-0.25, -0.2) is 5.11 Å². The summed E-state index contributed by atoms with van der Waals surface area (Å²) >= 11 is 0. The molecule has 2 nitrogen and oxygen atoms in total. The molecule has 1 N–H and O–H groups in total. The summed E-state index contributed by atoms with van der Waals surface area (Å²) < 4.78 is 0. The van der Waals surface area contributed by atoms with Crippen LogP contribution in [0.1, 0.15) is 12.8 Å². The number of nitrogens with one attached hydrogen (secondary N) is 1. The van der Waals surface area contributed by atoms with Crippen molar-refractivity contribution in [2.45, 2.75) is 19.1 Å². The highest BCUT2D eigenvalue weighted by molar-refractivity contribution is 4.61. The predicted octanol–water partition coefficient (Wildman–Crippen LogP) is 0.126. The van der Waals surface area contributed by atoms with Gasteiger partial charge in [0, 0.05) is 0 Å². The van der Waals surface area contributed by atoms with E-state index in [0.29, 0.717) is 0 Å². The fourth-order valence-electron chi connectivity index (χ4n) is 0.653. The molecule has 1 atom stereocenters. The van der Waals surface area contributed by atoms with Crippen LogP contribution in [-0.4, -0.2) is 12.8 Å². The maximum absolute atomic E-state index is 10.2. The zero-order valence-corrected chi connectivity index (χ0v) is 3.61. The van der Waals surface area contributed by atoms with Crippen LogP contribution in [0.2, 0.25) is 0 Å². The topological polar surface area (TPSA) is 31.9 Å². The van der Waals surface area contributed by atoms with Crippen molar-refractivity contribution in [1.82, 2.24) is 5.32 Å². The Balaban J connectivity index is 2.18. The molecule has 0 aromatic rings. The van der Waals surface area contributed by atoms with Crippen molar-refractivity contribution in [3.63, 3.8) is 0 Å². The van der Waals surface area contributed by atoms with E-state index in [2.05, 4.69) is 5.32 Å². The average Bonchev–Trinajstić information content (AvgIpc) is 1.86. The van der Waals surface area contributed by atoms with Crippen molar-refractivity contribution in [1.29, 1.82) is 0 Å². The lowest BCUT2D eigenvalue weighted by atomic mass is 10.4. The fourth-order valence-corrected chi connectivity index (χ4v) is 0.653. The van der Waals surface area contributed by atoms with Gasteiger partial charge in [0.05, 0.1) is 0 Å². The summed E-state index contributed by atoms with van der Waals surface area (Å²) in [7, 11) is 0. The molecular weight excluding hydrogens is 78.0 g/mol. The number of hydrogen-bond acceptors (Lipinski definition) is 1. The summed E-state index contributed by atoms with van der Waals surface area (Å²) in [5.74, 6) is 0. The second kappa shape index (κ2) is 1.58. The second-order valence-electron chi connectivity index (χ2n) is 1.58. The van der Waals surface area contributed by atoms with E-state index in [9.17, 15) is 5.11 Å². The normalized spacial score (nSPS) is 34.5. The van der Waals surface area contributed by atoms with Crippen molar-refractivity contribution in [2.75, 3.05) is 6.54 Å². The molecule has 6 heavy (non-hydrogen) atoms. The molecule has 1 unspecified atom stereocenters. The van der Waals surface area contributed by atoms with Crippen molar-refractivity contribution in [3.05, 3.63) is 0 Å². The standard InChI is InChI=1S/C4H8NO/c6-4-2-1-3-5-4/h4-5H,1-3H2. The van der Waals surface area contributed by atoms with E-state index in [1.54, 1.807) is 0 Å². The van der Waals surface area contributed by atoms with Crippen molar-refractivity contribution in [3.8, 4) is 0 Å². The minimum Gasteiger partial charge on any atom is -0.289 e. The summed E-state index contributed by atoms with van der Waals surface area (Å²) in [4.78, 5) is 0. The van der Waals surface area contributed by atoms with E-state index in [0.717, 1.165) is 19.4 Å². The minimum absolute atomic E-state index is 0.454. The zero-order valence-electron chi connectivity index (χ0n) is 3.61. The maximum atomic E-state index is 10.2. The Morgan fingerprint density at radius 2 is 2.50 bits per heavy atom. The molecule has 1 aliphatic heterocycles. The average molecular weight is 86.1 g/mol. The molecule has 1 heterocycles. The van der Waals surface area contributed by atoms with Crippen LogP contribution in [0.15, 0.2) is 0 Å². The molecule has 0 aliphatic carbocycles. The Bertz CT molecular complexity index is 40.8. The lowest BCUT2D eigenvalue weighted by molar-refractivity contribution is 0.0768. The van der Waals surface area contributed by atoms with Crippen LogP contribution < -0.4 is 5.32 Å². The molecule has 0 bridgehead atoms. The lowest BCUT2D eigenvalue weighted by Crippen LogP contribution is -2.17. The molecule has 1 radical (unpaired) electrons. The van der Waals surface area contributed by atoms with Gasteiger partial charge in [0.15, 0.2) is 0 Å². The number of hydrogen-bond donors (Lipinski definition) is 1. The van der Waals surface area contributed by atoms with Crippen LogP contribution in [0.4, 0.5) is 0 Å². The van der Waals surface area contributed by atoms with E-state index >= 15 is 0 Å². The molecule has 0 amide bonds. The lowest BCUT2D eigenvalue weighted by Gasteiger charge is -1.90. The highest BCUT2D eigenvalue weighted by Gasteiger charge is 2.09. The van der Waals surface area contributed by atoms with Crippen molar-refractivity contribution < 1.29 is 5.11 Å². The molecular formula is C4H8NO. The van der Waals surface area contributed by atoms with Gasteiger partial charge in [-0.05, 0) is 19.4 Å². The van der Waals surface area contributed by atoms with Gasteiger partial charge in [-0.3, -0.25) is 5.32 Å². The maximum Gasteiger partial charge on any atom is 0.143 e. The van der Waals surface area contributed by atoms with Gasteiger partial charge in [-0.15, -0.1) is 0 Å². The van der Waals surface area contributed by atoms with E-state index in [1.807, 2.05) is 0 Å². The smallest absolute Gasteiger partial charge is 0.143 e. The van der Waals surface area contributed by atoms with Crippen molar-refractivity contribution in [2.24, 2.45) is 0 Å². The molecule has 2 heteroatoms. The molecule has 1 fully saturated rings. The fraction of sp³-hybridized carbons (Fsp3) is 1.00. The van der Waals surface area contributed by atoms with E-state index in [1.165, 1.54) is 0 Å². The first kappa shape index (κ1) is 4.09. The van der Waals surface area contributed by atoms with Crippen LogP contribution in [0, 0.1) is 0 Å². The third-order valence-electron chi connectivity index (χ3n) is 1.02. The van der Waals surface area contributed by atoms with Crippen LogP contribution in [0.25, 0.3) is 0 Å². The van der Waals surface area contributed by atoms with Gasteiger partial charge in [0.25, 0.3) is 0 Å². The van der Waals surface area contributed by atoms with Crippen LogP contribution in [0.3, 0.4) is 0 Å². The highest BCUT2D eigenvalue weighted by Crippen LogP contribution is 1.99. The minimum atomic E-state index is -0.454. The summed E-state index contributed by atoms with van der Waals surface area (Å²) in [6.45, 7) is 0.925. The Hall–Kier alpha value is -0.0800. The molecule has 1 aliphatic rings. The largest absolute Gasteiger partial charge is 0.289 e. The first-order chi connectivity index (χ1) is 2.89. The quantitative estimate of drug-likeness (QED) is 0.446. The van der Waals surface area contributed by atoms with Gasteiger partial charge in [-0.2, -0.15) is 0 Å². The van der Waals surface area contributed by atoms with Crippen LogP contribution in [0.5, 0.6) is 0 Å². The molecule has 0 spiro atoms. The molecule has 0 aromatic carbocycles. The Labute approximate surface area is 37.2 Å². The summed E-state index contributed by atoms with van der Waals surface area (Å²) in [5.41, 5.74) is 0. The molecule has 1 rings (SSSR count). The first-order valence-electron chi connectivity index (χ1n) is 2.29. The monoisotopic (exact) mass is 86.1 g/mol. The molecule has 1 saturated heterocycles. The summed E-state index contributed by atoms with van der Waals surface area (Å²) in [5, 5.41) is 13.0. The summed E-state index contributed by atoms with van der Waals surface area (Å²) in [6.07, 6.45) is 1.43. The van der Waals surface area contributed by atoms with Gasteiger partial charge in [0.1, 0.15) is 6.23 Å². The highest BCUT2D eigenvalue weighted by atomic mass is 16.3. The van der Waals surface area contributed by atoms with Gasteiger partial charge in [0.2, 0.25) is 0 Å². The zero-order chi connectivity index (χ0) is 4.41. The molecule has 0 saturated carbocycles. The number of rotatable bonds is 0. The third kappa shape index (κ3) is 0.698. The van der Waals surface area contributed by atoms with Gasteiger partial charge >= 0.3 is 0 Å². The summed E-state index contributed by atoms with van der Waals surface area (Å²) in [6, 6.07) is 0. The van der Waals surface area contributed by atoms with Gasteiger partial charge < -0.3 is 0 Å². The Morgan fingerprint density at radius 1 is 1.67 bits per heavy atom. The second-order valence-corrected chi connectivity index (χ2v) is 1.58.